The van der Waals surface area contributed by atoms with E-state index in [1.807, 2.05) is 49.5 Å². The molecule has 1 unspecified atom stereocenters. The quantitative estimate of drug-likeness (QED) is 0.850. The van der Waals surface area contributed by atoms with Crippen LogP contribution in [-0.2, 0) is 11.2 Å². The van der Waals surface area contributed by atoms with Crippen molar-refractivity contribution in [2.45, 2.75) is 32.2 Å². The summed E-state index contributed by atoms with van der Waals surface area (Å²) < 4.78 is 0. The van der Waals surface area contributed by atoms with E-state index in [0.717, 1.165) is 12.0 Å². The van der Waals surface area contributed by atoms with E-state index in [0.29, 0.717) is 12.8 Å². The Morgan fingerprint density at radius 1 is 1.09 bits per heavy atom. The number of hydrogen-bond donors (Lipinski definition) is 1. The minimum atomic E-state index is -0.0782. The van der Waals surface area contributed by atoms with Crippen molar-refractivity contribution >= 4 is 5.91 Å². The number of hydrogen-bond acceptors (Lipinski definition) is 2. The Bertz CT molecular complexity index is 625. The number of aliphatic hydroxyl groups is 1. The van der Waals surface area contributed by atoms with Gasteiger partial charge in [0.1, 0.15) is 0 Å². The van der Waals surface area contributed by atoms with Gasteiger partial charge in [0.15, 0.2) is 0 Å². The van der Waals surface area contributed by atoms with Crippen molar-refractivity contribution in [1.29, 1.82) is 0 Å². The highest BCUT2D eigenvalue weighted by Crippen LogP contribution is 2.23. The number of nitrogens with zero attached hydrogens (tertiary/aromatic N) is 1. The van der Waals surface area contributed by atoms with E-state index in [2.05, 4.69) is 19.1 Å². The molecule has 0 saturated carbocycles. The molecule has 2 rings (SSSR count). The monoisotopic (exact) mass is 311 g/mol. The first-order valence-corrected chi connectivity index (χ1v) is 8.09. The maximum atomic E-state index is 12.6. The molecule has 0 aliphatic carbocycles. The molecule has 1 N–H and O–H groups in total. The van der Waals surface area contributed by atoms with Crippen LogP contribution >= 0.6 is 0 Å². The second-order valence-corrected chi connectivity index (χ2v) is 5.87. The average molecular weight is 311 g/mol. The number of carbonyl (C=O) groups excluding carboxylic acids is 1. The van der Waals surface area contributed by atoms with Gasteiger partial charge in [-0.1, -0.05) is 54.6 Å². The predicted molar refractivity (Wildman–Crippen MR) is 93.2 cm³/mol. The van der Waals surface area contributed by atoms with Gasteiger partial charge < -0.3 is 10.0 Å². The first-order chi connectivity index (χ1) is 11.1. The number of carbonyl (C=O) groups is 1. The summed E-state index contributed by atoms with van der Waals surface area (Å²) in [5, 5.41) is 9.33. The van der Waals surface area contributed by atoms with Crippen LogP contribution in [0.15, 0.2) is 54.6 Å². The Hall–Kier alpha value is -2.13. The molecule has 1 amide bonds. The van der Waals surface area contributed by atoms with Crippen molar-refractivity contribution in [2.24, 2.45) is 0 Å². The van der Waals surface area contributed by atoms with E-state index in [4.69, 9.17) is 0 Å². The van der Waals surface area contributed by atoms with Crippen LogP contribution in [-0.4, -0.2) is 29.6 Å². The second-order valence-electron chi connectivity index (χ2n) is 5.87. The molecule has 0 bridgehead atoms. The number of benzene rings is 2. The molecule has 0 spiro atoms. The molecule has 0 radical (unpaired) electrons. The maximum Gasteiger partial charge on any atom is 0.223 e. The molecule has 1 atom stereocenters. The smallest absolute Gasteiger partial charge is 0.223 e. The fourth-order valence-corrected chi connectivity index (χ4v) is 2.86. The van der Waals surface area contributed by atoms with E-state index < -0.39 is 0 Å². The van der Waals surface area contributed by atoms with Crippen molar-refractivity contribution in [2.75, 3.05) is 13.7 Å². The van der Waals surface area contributed by atoms with Gasteiger partial charge in [0, 0.05) is 20.1 Å². The summed E-state index contributed by atoms with van der Waals surface area (Å²) in [4.78, 5) is 14.3. The third-order valence-corrected chi connectivity index (χ3v) is 4.32. The Kier molecular flexibility index (Phi) is 6.36. The normalized spacial score (nSPS) is 12.0. The summed E-state index contributed by atoms with van der Waals surface area (Å²) in [5.74, 6) is 0.107. The van der Waals surface area contributed by atoms with Crippen LogP contribution in [0.3, 0.4) is 0 Å². The number of aliphatic hydroxyl groups excluding tert-OH is 1. The molecule has 0 saturated heterocycles. The number of aryl methyl sites for hydroxylation is 2. The minimum absolute atomic E-state index is 0.0645. The molecular formula is C20H25NO2. The Labute approximate surface area is 138 Å². The van der Waals surface area contributed by atoms with E-state index in [1.54, 1.807) is 4.90 Å². The van der Waals surface area contributed by atoms with Crippen LogP contribution in [0.25, 0.3) is 0 Å². The van der Waals surface area contributed by atoms with Gasteiger partial charge in [-0.05, 0) is 36.5 Å². The SMILES string of the molecule is Cc1ccccc1CCC(=O)N(C)C(CCO)c1ccccc1. The van der Waals surface area contributed by atoms with E-state index in [9.17, 15) is 9.90 Å². The van der Waals surface area contributed by atoms with E-state index in [1.165, 1.54) is 11.1 Å². The summed E-state index contributed by atoms with van der Waals surface area (Å²) >= 11 is 0. The zero-order chi connectivity index (χ0) is 16.7. The van der Waals surface area contributed by atoms with Gasteiger partial charge in [-0.15, -0.1) is 0 Å². The summed E-state index contributed by atoms with van der Waals surface area (Å²) in [7, 11) is 1.83. The van der Waals surface area contributed by atoms with E-state index >= 15 is 0 Å². The highest BCUT2D eigenvalue weighted by Gasteiger charge is 2.21. The molecule has 2 aromatic rings. The minimum Gasteiger partial charge on any atom is -0.396 e. The Balaban J connectivity index is 2.03. The molecule has 0 aliphatic rings. The fourth-order valence-electron chi connectivity index (χ4n) is 2.86. The van der Waals surface area contributed by atoms with Crippen LogP contribution in [0.5, 0.6) is 0 Å². The first kappa shape index (κ1) is 17.2. The Morgan fingerprint density at radius 3 is 2.39 bits per heavy atom. The zero-order valence-electron chi connectivity index (χ0n) is 13.9. The fraction of sp³-hybridized carbons (Fsp3) is 0.350. The molecule has 3 nitrogen and oxygen atoms in total. The lowest BCUT2D eigenvalue weighted by molar-refractivity contribution is -0.132. The van der Waals surface area contributed by atoms with Crippen LogP contribution in [0, 0.1) is 6.92 Å². The highest BCUT2D eigenvalue weighted by atomic mass is 16.3. The lowest BCUT2D eigenvalue weighted by atomic mass is 10.0. The summed E-state index contributed by atoms with van der Waals surface area (Å²) in [6.07, 6.45) is 1.78. The number of rotatable bonds is 7. The van der Waals surface area contributed by atoms with Gasteiger partial charge in [0.05, 0.1) is 6.04 Å². The molecule has 2 aromatic carbocycles. The average Bonchev–Trinajstić information content (AvgIpc) is 2.59. The standard InChI is InChI=1S/C20H25NO2/c1-16-8-6-7-9-17(16)12-13-20(23)21(2)19(14-15-22)18-10-4-3-5-11-18/h3-11,19,22H,12-15H2,1-2H3. The van der Waals surface area contributed by atoms with Gasteiger partial charge in [-0.25, -0.2) is 0 Å². The van der Waals surface area contributed by atoms with Gasteiger partial charge >= 0.3 is 0 Å². The van der Waals surface area contributed by atoms with Crippen molar-refractivity contribution in [1.82, 2.24) is 4.90 Å². The molecule has 3 heteroatoms. The second kappa shape index (κ2) is 8.49. The van der Waals surface area contributed by atoms with Crippen LogP contribution in [0.2, 0.25) is 0 Å². The van der Waals surface area contributed by atoms with Crippen molar-refractivity contribution < 1.29 is 9.90 Å². The van der Waals surface area contributed by atoms with Crippen LogP contribution in [0.1, 0.15) is 35.6 Å². The summed E-state index contributed by atoms with van der Waals surface area (Å²) in [6, 6.07) is 18.0. The van der Waals surface area contributed by atoms with Crippen molar-refractivity contribution in [3.05, 3.63) is 71.3 Å². The molecule has 0 fully saturated rings. The molecule has 122 valence electrons. The van der Waals surface area contributed by atoms with Crippen molar-refractivity contribution in [3.8, 4) is 0 Å². The summed E-state index contributed by atoms with van der Waals surface area (Å²) in [5.41, 5.74) is 3.50. The molecule has 23 heavy (non-hydrogen) atoms. The topological polar surface area (TPSA) is 40.5 Å². The van der Waals surface area contributed by atoms with Gasteiger partial charge in [0.25, 0.3) is 0 Å². The highest BCUT2D eigenvalue weighted by molar-refractivity contribution is 5.76. The largest absolute Gasteiger partial charge is 0.396 e. The zero-order valence-corrected chi connectivity index (χ0v) is 13.9. The van der Waals surface area contributed by atoms with Gasteiger partial charge in [0.2, 0.25) is 5.91 Å². The van der Waals surface area contributed by atoms with Crippen LogP contribution in [0.4, 0.5) is 0 Å². The predicted octanol–water partition coefficient (Wildman–Crippen LogP) is 3.51. The lowest BCUT2D eigenvalue weighted by Crippen LogP contribution is -2.32. The molecule has 0 aliphatic heterocycles. The third-order valence-electron chi connectivity index (χ3n) is 4.32. The molecular weight excluding hydrogens is 286 g/mol. The Morgan fingerprint density at radius 2 is 1.74 bits per heavy atom. The lowest BCUT2D eigenvalue weighted by Gasteiger charge is -2.28. The summed E-state index contributed by atoms with van der Waals surface area (Å²) in [6.45, 7) is 2.14. The molecule has 0 aromatic heterocycles. The van der Waals surface area contributed by atoms with Gasteiger partial charge in [-0.2, -0.15) is 0 Å². The van der Waals surface area contributed by atoms with Gasteiger partial charge in [-0.3, -0.25) is 4.79 Å². The van der Waals surface area contributed by atoms with E-state index in [-0.39, 0.29) is 18.6 Å². The van der Waals surface area contributed by atoms with Crippen LogP contribution < -0.4 is 0 Å². The maximum absolute atomic E-state index is 12.6. The van der Waals surface area contributed by atoms with Crippen molar-refractivity contribution in [3.63, 3.8) is 0 Å². The first-order valence-electron chi connectivity index (χ1n) is 8.09. The third kappa shape index (κ3) is 4.67. The number of amides is 1. The molecule has 0 heterocycles.